The predicted octanol–water partition coefficient (Wildman–Crippen LogP) is 5.44. The van der Waals surface area contributed by atoms with E-state index in [4.69, 9.17) is 21.1 Å². The number of anilines is 2. The smallest absolute Gasteiger partial charge is 0.219 e. The number of aryl methyl sites for hydroxylation is 2. The van der Waals surface area contributed by atoms with E-state index in [0.29, 0.717) is 23.5 Å². The second-order valence-electron chi connectivity index (χ2n) is 8.00. The minimum absolute atomic E-state index is 0.390. The molecule has 1 saturated heterocycles. The Morgan fingerprint density at radius 3 is 2.62 bits per heavy atom. The third-order valence-electron chi connectivity index (χ3n) is 5.52. The van der Waals surface area contributed by atoms with Crippen LogP contribution in [0.4, 0.5) is 11.6 Å². The molecule has 8 heteroatoms. The zero-order valence-corrected chi connectivity index (χ0v) is 18.7. The van der Waals surface area contributed by atoms with Crippen molar-refractivity contribution >= 4 is 34.3 Å². The maximum atomic E-state index is 5.89. The van der Waals surface area contributed by atoms with E-state index in [2.05, 4.69) is 45.5 Å². The van der Waals surface area contributed by atoms with Gasteiger partial charge in [-0.2, -0.15) is 0 Å². The van der Waals surface area contributed by atoms with Gasteiger partial charge in [-0.05, 0) is 66.9 Å². The van der Waals surface area contributed by atoms with E-state index in [9.17, 15) is 0 Å². The lowest BCUT2D eigenvalue weighted by Crippen LogP contribution is -2.40. The Bertz CT molecular complexity index is 1230. The van der Waals surface area contributed by atoms with Crippen molar-refractivity contribution in [1.29, 1.82) is 0 Å². The number of pyridine rings is 1. The van der Waals surface area contributed by atoms with Crippen molar-refractivity contribution in [2.45, 2.75) is 26.4 Å². The standard InChI is InChI=1S/C24H24ClN5O2/c1-14-7-19(32-23-6-3-16(25)10-26-23)8-15(2)20(14)11-27-24-29-21-5-4-17(9-22(21)30-24)28-18-12-31-13-18/h3-10,18,28H,11-13H2,1-2H3,(H2,27,29,30). The molecule has 1 aliphatic rings. The fraction of sp³-hybridized carbons (Fsp3) is 0.250. The average Bonchev–Trinajstić information content (AvgIpc) is 3.14. The van der Waals surface area contributed by atoms with Gasteiger partial charge in [0.25, 0.3) is 0 Å². The fourth-order valence-corrected chi connectivity index (χ4v) is 3.86. The van der Waals surface area contributed by atoms with Crippen LogP contribution < -0.4 is 15.4 Å². The molecule has 3 heterocycles. The Morgan fingerprint density at radius 2 is 1.94 bits per heavy atom. The topological polar surface area (TPSA) is 84.1 Å². The highest BCUT2D eigenvalue weighted by atomic mass is 35.5. The molecule has 32 heavy (non-hydrogen) atoms. The number of benzene rings is 2. The third-order valence-corrected chi connectivity index (χ3v) is 5.74. The van der Waals surface area contributed by atoms with Gasteiger partial charge in [0, 0.05) is 24.5 Å². The number of aromatic amines is 1. The number of fused-ring (bicyclic) bond motifs is 1. The van der Waals surface area contributed by atoms with Crippen molar-refractivity contribution in [3.63, 3.8) is 0 Å². The molecule has 3 N–H and O–H groups in total. The molecule has 0 atom stereocenters. The van der Waals surface area contributed by atoms with Crippen molar-refractivity contribution in [2.75, 3.05) is 23.8 Å². The van der Waals surface area contributed by atoms with E-state index in [1.54, 1.807) is 18.3 Å². The molecule has 0 spiro atoms. The van der Waals surface area contributed by atoms with Gasteiger partial charge >= 0.3 is 0 Å². The van der Waals surface area contributed by atoms with Crippen LogP contribution in [0.1, 0.15) is 16.7 Å². The van der Waals surface area contributed by atoms with E-state index >= 15 is 0 Å². The van der Waals surface area contributed by atoms with Gasteiger partial charge in [-0.1, -0.05) is 11.6 Å². The molecule has 164 valence electrons. The first-order valence-electron chi connectivity index (χ1n) is 10.5. The largest absolute Gasteiger partial charge is 0.439 e. The van der Waals surface area contributed by atoms with Gasteiger partial charge in [0.15, 0.2) is 0 Å². The molecule has 7 nitrogen and oxygen atoms in total. The summed E-state index contributed by atoms with van der Waals surface area (Å²) in [5.74, 6) is 2.01. The van der Waals surface area contributed by atoms with Crippen LogP contribution in [0.25, 0.3) is 11.0 Å². The van der Waals surface area contributed by atoms with Crippen molar-refractivity contribution in [2.24, 2.45) is 0 Å². The Hall–Kier alpha value is -3.29. The summed E-state index contributed by atoms with van der Waals surface area (Å²) in [5.41, 5.74) is 6.45. The number of rotatable bonds is 7. The summed E-state index contributed by atoms with van der Waals surface area (Å²) in [6, 6.07) is 14.1. The van der Waals surface area contributed by atoms with E-state index in [1.165, 1.54) is 5.56 Å². The molecule has 0 saturated carbocycles. The van der Waals surface area contributed by atoms with Gasteiger partial charge < -0.3 is 25.1 Å². The molecule has 0 bridgehead atoms. The highest BCUT2D eigenvalue weighted by Crippen LogP contribution is 2.27. The van der Waals surface area contributed by atoms with Gasteiger partial charge in [0.2, 0.25) is 11.8 Å². The van der Waals surface area contributed by atoms with E-state index < -0.39 is 0 Å². The van der Waals surface area contributed by atoms with Crippen LogP contribution in [0.3, 0.4) is 0 Å². The fourth-order valence-electron chi connectivity index (χ4n) is 3.74. The van der Waals surface area contributed by atoms with Gasteiger partial charge in [0.05, 0.1) is 35.3 Å². The van der Waals surface area contributed by atoms with Gasteiger partial charge in [-0.15, -0.1) is 0 Å². The normalized spacial score (nSPS) is 13.7. The molecule has 5 rings (SSSR count). The summed E-state index contributed by atoms with van der Waals surface area (Å²) in [5, 5.41) is 7.46. The van der Waals surface area contributed by atoms with Crippen LogP contribution in [0.2, 0.25) is 5.02 Å². The Kier molecular flexibility index (Phi) is 5.59. The van der Waals surface area contributed by atoms with E-state index in [-0.39, 0.29) is 0 Å². The molecule has 0 aliphatic carbocycles. The predicted molar refractivity (Wildman–Crippen MR) is 127 cm³/mol. The highest BCUT2D eigenvalue weighted by Gasteiger charge is 2.18. The lowest BCUT2D eigenvalue weighted by Gasteiger charge is -2.27. The SMILES string of the molecule is Cc1cc(Oc2ccc(Cl)cn2)cc(C)c1CNc1nc2ccc(NC3COC3)cc2[nH]1. The number of aromatic nitrogens is 3. The average molecular weight is 450 g/mol. The van der Waals surface area contributed by atoms with Crippen LogP contribution >= 0.6 is 11.6 Å². The van der Waals surface area contributed by atoms with Crippen LogP contribution in [0.15, 0.2) is 48.7 Å². The first kappa shape index (κ1) is 20.6. The molecular formula is C24H24ClN5O2. The number of ether oxygens (including phenoxy) is 2. The molecule has 0 radical (unpaired) electrons. The van der Waals surface area contributed by atoms with E-state index in [1.807, 2.05) is 24.3 Å². The van der Waals surface area contributed by atoms with Crippen molar-refractivity contribution in [1.82, 2.24) is 15.0 Å². The minimum Gasteiger partial charge on any atom is -0.439 e. The van der Waals surface area contributed by atoms with Gasteiger partial charge in [-0.25, -0.2) is 9.97 Å². The zero-order chi connectivity index (χ0) is 22.1. The Labute approximate surface area is 191 Å². The van der Waals surface area contributed by atoms with Crippen LogP contribution in [0.5, 0.6) is 11.6 Å². The van der Waals surface area contributed by atoms with Gasteiger partial charge in [0.1, 0.15) is 5.75 Å². The first-order valence-corrected chi connectivity index (χ1v) is 10.9. The maximum absolute atomic E-state index is 5.89. The molecule has 4 aromatic rings. The lowest BCUT2D eigenvalue weighted by molar-refractivity contribution is 0.0211. The summed E-state index contributed by atoms with van der Waals surface area (Å²) >= 11 is 5.89. The van der Waals surface area contributed by atoms with Gasteiger partial charge in [-0.3, -0.25) is 0 Å². The number of nitrogens with one attached hydrogen (secondary N) is 3. The van der Waals surface area contributed by atoms with Crippen molar-refractivity contribution in [3.05, 3.63) is 70.4 Å². The number of H-pyrrole nitrogens is 1. The number of nitrogens with zero attached hydrogens (tertiary/aromatic N) is 2. The Balaban J connectivity index is 1.27. The monoisotopic (exact) mass is 449 g/mol. The highest BCUT2D eigenvalue weighted by molar-refractivity contribution is 6.30. The van der Waals surface area contributed by atoms with Crippen molar-refractivity contribution < 1.29 is 9.47 Å². The number of hydrogen-bond donors (Lipinski definition) is 3. The van der Waals surface area contributed by atoms with Crippen molar-refractivity contribution in [3.8, 4) is 11.6 Å². The summed E-state index contributed by atoms with van der Waals surface area (Å²) < 4.78 is 11.1. The molecule has 1 aliphatic heterocycles. The summed E-state index contributed by atoms with van der Waals surface area (Å²) in [6.45, 7) is 6.32. The summed E-state index contributed by atoms with van der Waals surface area (Å²) in [7, 11) is 0. The quantitative estimate of drug-likeness (QED) is 0.348. The zero-order valence-electron chi connectivity index (χ0n) is 17.9. The van der Waals surface area contributed by atoms with Crippen LogP contribution in [0, 0.1) is 13.8 Å². The first-order chi connectivity index (χ1) is 15.5. The second kappa shape index (κ2) is 8.68. The number of hydrogen-bond acceptors (Lipinski definition) is 6. The van der Waals surface area contributed by atoms with Crippen LogP contribution in [-0.4, -0.2) is 34.2 Å². The number of halogens is 1. The molecule has 2 aromatic carbocycles. The molecule has 1 fully saturated rings. The lowest BCUT2D eigenvalue weighted by atomic mass is 10.0. The Morgan fingerprint density at radius 1 is 1.12 bits per heavy atom. The van der Waals surface area contributed by atoms with Crippen LogP contribution in [-0.2, 0) is 11.3 Å². The second-order valence-corrected chi connectivity index (χ2v) is 8.44. The minimum atomic E-state index is 0.390. The van der Waals surface area contributed by atoms with E-state index in [0.717, 1.165) is 52.8 Å². The molecular weight excluding hydrogens is 426 g/mol. The molecule has 0 amide bonds. The maximum Gasteiger partial charge on any atom is 0.219 e. The number of imidazole rings is 1. The summed E-state index contributed by atoms with van der Waals surface area (Å²) in [6.07, 6.45) is 1.57. The third kappa shape index (κ3) is 4.49. The summed E-state index contributed by atoms with van der Waals surface area (Å²) in [4.78, 5) is 12.2. The molecule has 2 aromatic heterocycles. The molecule has 0 unspecified atom stereocenters.